The number of hydrogen-bond acceptors (Lipinski definition) is 8. The Morgan fingerprint density at radius 2 is 0.926 bits per heavy atom. The number of benzene rings is 2. The molecule has 0 saturated carbocycles. The highest BCUT2D eigenvalue weighted by molar-refractivity contribution is 5.68. The lowest BCUT2D eigenvalue weighted by atomic mass is 9.97. The third-order valence-corrected chi connectivity index (χ3v) is 3.84. The molecule has 8 heteroatoms. The second-order valence-corrected chi connectivity index (χ2v) is 5.52. The van der Waals surface area contributed by atoms with Crippen LogP contribution in [0.15, 0.2) is 44.2 Å². The van der Waals surface area contributed by atoms with E-state index in [0.29, 0.717) is 45.0 Å². The fraction of sp³-hybridized carbons (Fsp3) is 0.158. The molecule has 0 fully saturated rings. The Bertz CT molecular complexity index is 1010. The van der Waals surface area contributed by atoms with Crippen molar-refractivity contribution in [3.63, 3.8) is 0 Å². The molecule has 0 aromatic heterocycles. The van der Waals surface area contributed by atoms with E-state index < -0.39 is 0 Å². The largest absolute Gasteiger partial charge is 0.240 e. The highest BCUT2D eigenvalue weighted by Crippen LogP contribution is 2.35. The van der Waals surface area contributed by atoms with Gasteiger partial charge < -0.3 is 0 Å². The van der Waals surface area contributed by atoms with Gasteiger partial charge in [-0.3, -0.25) is 0 Å². The maximum absolute atomic E-state index is 10.7. The molecule has 2 aromatic rings. The van der Waals surface area contributed by atoms with Crippen molar-refractivity contribution >= 4 is 47.1 Å². The van der Waals surface area contributed by atoms with Crippen molar-refractivity contribution in [1.82, 2.24) is 0 Å². The van der Waals surface area contributed by atoms with Crippen LogP contribution >= 0.6 is 0 Å². The van der Waals surface area contributed by atoms with Crippen molar-refractivity contribution in [2.75, 3.05) is 0 Å². The topological polar surface area (TPSA) is 118 Å². The molecule has 8 nitrogen and oxygen atoms in total. The molecule has 0 heterocycles. The first-order valence-electron chi connectivity index (χ1n) is 7.62. The van der Waals surface area contributed by atoms with Crippen molar-refractivity contribution in [1.29, 1.82) is 0 Å². The fourth-order valence-electron chi connectivity index (χ4n) is 2.58. The number of hydrogen-bond donors (Lipinski definition) is 0. The maximum Gasteiger partial charge on any atom is 0.240 e. The van der Waals surface area contributed by atoms with Gasteiger partial charge in [0.25, 0.3) is 0 Å². The molecule has 27 heavy (non-hydrogen) atoms. The second-order valence-electron chi connectivity index (χ2n) is 5.52. The monoisotopic (exact) mass is 360 g/mol. The average molecular weight is 360 g/mol. The predicted octanol–water partition coefficient (Wildman–Crippen LogP) is 3.76. The summed E-state index contributed by atoms with van der Waals surface area (Å²) in [6, 6.07) is 6.32. The minimum absolute atomic E-state index is 0.171. The van der Waals surface area contributed by atoms with Gasteiger partial charge >= 0.3 is 0 Å². The second kappa shape index (κ2) is 8.88. The quantitative estimate of drug-likeness (QED) is 0.575. The summed E-state index contributed by atoms with van der Waals surface area (Å²) in [6.45, 7) is 3.41. The number of isocyanates is 4. The molecular weight excluding hydrogens is 348 g/mol. The van der Waals surface area contributed by atoms with Gasteiger partial charge in [-0.15, -0.1) is 0 Å². The summed E-state index contributed by atoms with van der Waals surface area (Å²) in [7, 11) is 0. The van der Waals surface area contributed by atoms with Gasteiger partial charge in [-0.2, -0.15) is 20.0 Å². The zero-order valence-electron chi connectivity index (χ0n) is 14.4. The van der Waals surface area contributed by atoms with Gasteiger partial charge in [0.05, 0.1) is 22.7 Å². The molecular formula is C19H12N4O4. The summed E-state index contributed by atoms with van der Waals surface area (Å²) in [4.78, 5) is 57.3. The van der Waals surface area contributed by atoms with Gasteiger partial charge in [0, 0.05) is 6.42 Å². The highest BCUT2D eigenvalue weighted by atomic mass is 16.1. The molecule has 0 N–H and O–H groups in total. The van der Waals surface area contributed by atoms with Gasteiger partial charge in [-0.05, 0) is 60.4 Å². The molecule has 0 atom stereocenters. The Hall–Kier alpha value is -4.04. The number of carbonyl (C=O) groups excluding carboxylic acids is 4. The summed E-state index contributed by atoms with van der Waals surface area (Å²) in [6.07, 6.45) is 6.08. The first kappa shape index (κ1) is 19.3. The minimum Gasteiger partial charge on any atom is -0.211 e. The Morgan fingerprint density at radius 3 is 1.26 bits per heavy atom. The van der Waals surface area contributed by atoms with E-state index in [-0.39, 0.29) is 6.42 Å². The van der Waals surface area contributed by atoms with E-state index >= 15 is 0 Å². The Balaban J connectivity index is 2.70. The van der Waals surface area contributed by atoms with Gasteiger partial charge in [-0.25, -0.2) is 19.2 Å². The van der Waals surface area contributed by atoms with Gasteiger partial charge in [0.15, 0.2) is 0 Å². The average Bonchev–Trinajstić information content (AvgIpc) is 2.63. The standard InChI is InChI=1S/C19H12N4O4/c1-12-3-18(22-10-26)14(6-16(12)20-8-24)5-15-7-17(21-9-25)13(2)4-19(15)23-11-27/h3-4,6-7H,5H2,1-2H3. The SMILES string of the molecule is Cc1cc(N=C=O)c(Cc2cc(N=C=O)c(C)cc2N=C=O)cc1N=C=O. The van der Waals surface area contributed by atoms with Crippen LogP contribution < -0.4 is 0 Å². The Morgan fingerprint density at radius 1 is 0.593 bits per heavy atom. The molecule has 0 unspecified atom stereocenters. The van der Waals surface area contributed by atoms with Crippen molar-refractivity contribution in [3.8, 4) is 0 Å². The van der Waals surface area contributed by atoms with Crippen LogP contribution in [0.3, 0.4) is 0 Å². The van der Waals surface area contributed by atoms with E-state index in [1.165, 1.54) is 24.3 Å². The van der Waals surface area contributed by atoms with E-state index in [9.17, 15) is 19.2 Å². The maximum atomic E-state index is 10.7. The van der Waals surface area contributed by atoms with Gasteiger partial charge in [0.2, 0.25) is 24.3 Å². The lowest BCUT2D eigenvalue weighted by Crippen LogP contribution is -1.93. The molecule has 2 rings (SSSR count). The summed E-state index contributed by atoms with van der Waals surface area (Å²) in [5, 5.41) is 0. The molecule has 0 spiro atoms. The van der Waals surface area contributed by atoms with Crippen LogP contribution in [0.1, 0.15) is 22.3 Å². The van der Waals surface area contributed by atoms with E-state index in [2.05, 4.69) is 20.0 Å². The molecule has 0 radical (unpaired) electrons. The van der Waals surface area contributed by atoms with Crippen LogP contribution in [-0.4, -0.2) is 24.3 Å². The summed E-state index contributed by atoms with van der Waals surface area (Å²) in [5.74, 6) is 0. The van der Waals surface area contributed by atoms with Crippen LogP contribution in [0, 0.1) is 13.8 Å². The Labute approximate surface area is 153 Å². The zero-order chi connectivity index (χ0) is 19.8. The molecule has 2 aromatic carbocycles. The minimum atomic E-state index is 0.171. The van der Waals surface area contributed by atoms with Crippen LogP contribution in [0.4, 0.5) is 22.7 Å². The van der Waals surface area contributed by atoms with E-state index in [1.54, 1.807) is 38.1 Å². The van der Waals surface area contributed by atoms with Crippen molar-refractivity contribution < 1.29 is 19.2 Å². The van der Waals surface area contributed by atoms with Gasteiger partial charge in [0.1, 0.15) is 0 Å². The number of rotatable bonds is 6. The number of aryl methyl sites for hydroxylation is 2. The predicted molar refractivity (Wildman–Crippen MR) is 96.3 cm³/mol. The Kier molecular flexibility index (Phi) is 6.34. The van der Waals surface area contributed by atoms with Crippen LogP contribution in [0.25, 0.3) is 0 Å². The molecule has 0 aliphatic rings. The van der Waals surface area contributed by atoms with E-state index in [1.807, 2.05) is 0 Å². The van der Waals surface area contributed by atoms with Crippen molar-refractivity contribution in [2.24, 2.45) is 20.0 Å². The molecule has 0 aliphatic carbocycles. The molecule has 0 saturated heterocycles. The highest BCUT2D eigenvalue weighted by Gasteiger charge is 2.13. The summed E-state index contributed by atoms with van der Waals surface area (Å²) < 4.78 is 0. The third kappa shape index (κ3) is 4.53. The summed E-state index contributed by atoms with van der Waals surface area (Å²) >= 11 is 0. The first-order valence-corrected chi connectivity index (χ1v) is 7.62. The fourth-order valence-corrected chi connectivity index (χ4v) is 2.58. The normalized spacial score (nSPS) is 9.26. The molecule has 132 valence electrons. The first-order chi connectivity index (χ1) is 13.0. The molecule has 0 amide bonds. The third-order valence-electron chi connectivity index (χ3n) is 3.84. The lowest BCUT2D eigenvalue weighted by Gasteiger charge is -2.11. The van der Waals surface area contributed by atoms with Gasteiger partial charge in [-0.1, -0.05) is 0 Å². The summed E-state index contributed by atoms with van der Waals surface area (Å²) in [5.41, 5.74) is 3.70. The van der Waals surface area contributed by atoms with E-state index in [4.69, 9.17) is 0 Å². The van der Waals surface area contributed by atoms with Crippen LogP contribution in [0.2, 0.25) is 0 Å². The number of aliphatic imine (C=N–C) groups is 4. The smallest absolute Gasteiger partial charge is 0.211 e. The zero-order valence-corrected chi connectivity index (χ0v) is 14.4. The molecule has 0 bridgehead atoms. The van der Waals surface area contributed by atoms with E-state index in [0.717, 1.165) is 0 Å². The number of nitrogens with zero attached hydrogens (tertiary/aromatic N) is 4. The lowest BCUT2D eigenvalue weighted by molar-refractivity contribution is 0.564. The van der Waals surface area contributed by atoms with Crippen LogP contribution in [0.5, 0.6) is 0 Å². The van der Waals surface area contributed by atoms with Crippen molar-refractivity contribution in [3.05, 3.63) is 46.5 Å². The van der Waals surface area contributed by atoms with Crippen LogP contribution in [-0.2, 0) is 25.6 Å². The molecule has 0 aliphatic heterocycles. The van der Waals surface area contributed by atoms with Crippen molar-refractivity contribution in [2.45, 2.75) is 20.3 Å².